The Morgan fingerprint density at radius 2 is 2.20 bits per heavy atom. The molecule has 6 heteroatoms. The van der Waals surface area contributed by atoms with E-state index in [1.54, 1.807) is 31.2 Å². The lowest BCUT2D eigenvalue weighted by molar-refractivity contribution is -0.139. The maximum absolute atomic E-state index is 13.6. The van der Waals surface area contributed by atoms with Gasteiger partial charge in [-0.2, -0.15) is 8.78 Å². The van der Waals surface area contributed by atoms with E-state index in [9.17, 15) is 13.6 Å². The van der Waals surface area contributed by atoms with E-state index in [0.29, 0.717) is 11.1 Å². The van der Waals surface area contributed by atoms with Crippen LogP contribution in [-0.2, 0) is 15.3 Å². The summed E-state index contributed by atoms with van der Waals surface area (Å²) < 4.78 is 37.9. The molecule has 1 aromatic carbocycles. The summed E-state index contributed by atoms with van der Waals surface area (Å²) in [6.45, 7) is 1.90. The first-order valence-electron chi connectivity index (χ1n) is 6.29. The summed E-state index contributed by atoms with van der Waals surface area (Å²) in [6.07, 6.45) is 0.805. The Hall–Kier alpha value is -1.95. The Labute approximate surface area is 113 Å². The molecule has 3 rings (SSSR count). The number of halogens is 2. The monoisotopic (exact) mass is 281 g/mol. The van der Waals surface area contributed by atoms with Crippen LogP contribution in [0.4, 0.5) is 8.78 Å². The van der Waals surface area contributed by atoms with Gasteiger partial charge in [0.05, 0.1) is 12.7 Å². The molecule has 1 aliphatic heterocycles. The molecule has 0 bridgehead atoms. The van der Waals surface area contributed by atoms with Gasteiger partial charge in [0.2, 0.25) is 0 Å². The molecule has 0 saturated carbocycles. The molecule has 20 heavy (non-hydrogen) atoms. The van der Waals surface area contributed by atoms with Gasteiger partial charge >= 0.3 is 5.92 Å². The van der Waals surface area contributed by atoms with Crippen LogP contribution < -0.4 is 5.32 Å². The van der Waals surface area contributed by atoms with Gasteiger partial charge in [0.1, 0.15) is 5.58 Å². The zero-order valence-corrected chi connectivity index (χ0v) is 10.8. The zero-order valence-electron chi connectivity index (χ0n) is 10.8. The third kappa shape index (κ3) is 1.87. The molecule has 1 atom stereocenters. The predicted molar refractivity (Wildman–Crippen MR) is 67.2 cm³/mol. The second-order valence-corrected chi connectivity index (χ2v) is 4.77. The highest BCUT2D eigenvalue weighted by Crippen LogP contribution is 2.41. The average molecular weight is 281 g/mol. The number of fused-ring (bicyclic) bond motifs is 1. The number of hydrogen-bond acceptors (Lipinski definition) is 3. The number of hydrogen-bond donors (Lipinski definition) is 1. The van der Waals surface area contributed by atoms with Crippen molar-refractivity contribution in [2.24, 2.45) is 0 Å². The quantitative estimate of drug-likeness (QED) is 0.941. The van der Waals surface area contributed by atoms with E-state index in [0.717, 1.165) is 5.39 Å². The van der Waals surface area contributed by atoms with Gasteiger partial charge in [0.25, 0.3) is 5.91 Å². The minimum Gasteiger partial charge on any atom is -0.464 e. The minimum absolute atomic E-state index is 0.208. The normalized spacial score (nSPS) is 25.1. The molecule has 1 aliphatic rings. The molecule has 1 unspecified atom stereocenters. The number of carbonyl (C=O) groups is 1. The van der Waals surface area contributed by atoms with Crippen LogP contribution >= 0.6 is 0 Å². The van der Waals surface area contributed by atoms with Crippen LogP contribution in [0.2, 0.25) is 0 Å². The summed E-state index contributed by atoms with van der Waals surface area (Å²) >= 11 is 0. The minimum atomic E-state index is -3.43. The average Bonchev–Trinajstić information content (AvgIpc) is 2.93. The Kier molecular flexibility index (Phi) is 2.79. The maximum atomic E-state index is 13.6. The third-order valence-electron chi connectivity index (χ3n) is 3.43. The highest BCUT2D eigenvalue weighted by atomic mass is 19.3. The van der Waals surface area contributed by atoms with Crippen LogP contribution in [0, 0.1) is 0 Å². The number of carbonyl (C=O) groups excluding carboxylic acids is 1. The molecule has 2 aromatic rings. The van der Waals surface area contributed by atoms with Crippen LogP contribution in [0.5, 0.6) is 0 Å². The van der Waals surface area contributed by atoms with Crippen LogP contribution in [0.15, 0.2) is 34.9 Å². The van der Waals surface area contributed by atoms with E-state index in [1.165, 1.54) is 6.26 Å². The highest BCUT2D eigenvalue weighted by Gasteiger charge is 2.57. The Bertz CT molecular complexity index is 667. The number of alkyl halides is 2. The lowest BCUT2D eigenvalue weighted by Crippen LogP contribution is -2.41. The van der Waals surface area contributed by atoms with Gasteiger partial charge in [-0.05, 0) is 25.1 Å². The third-order valence-corrected chi connectivity index (χ3v) is 3.43. The molecule has 1 fully saturated rings. The summed E-state index contributed by atoms with van der Waals surface area (Å²) in [7, 11) is 0. The van der Waals surface area contributed by atoms with Crippen molar-refractivity contribution in [1.82, 2.24) is 5.32 Å². The first-order chi connectivity index (χ1) is 9.47. The smallest absolute Gasteiger partial charge is 0.329 e. The van der Waals surface area contributed by atoms with Crippen molar-refractivity contribution in [3.8, 4) is 0 Å². The second-order valence-electron chi connectivity index (χ2n) is 4.77. The van der Waals surface area contributed by atoms with Gasteiger partial charge in [-0.25, -0.2) is 0 Å². The van der Waals surface area contributed by atoms with Crippen molar-refractivity contribution in [2.75, 3.05) is 6.61 Å². The highest BCUT2D eigenvalue weighted by molar-refractivity contribution is 5.87. The van der Waals surface area contributed by atoms with Crippen molar-refractivity contribution in [3.05, 3.63) is 36.1 Å². The Balaban J connectivity index is 2.08. The number of benzene rings is 1. The number of ether oxygens (including phenoxy) is 1. The summed E-state index contributed by atoms with van der Waals surface area (Å²) in [4.78, 5) is 11.4. The first kappa shape index (κ1) is 13.1. The van der Waals surface area contributed by atoms with Crippen molar-refractivity contribution >= 4 is 16.9 Å². The van der Waals surface area contributed by atoms with Crippen LogP contribution in [-0.4, -0.2) is 18.4 Å². The van der Waals surface area contributed by atoms with E-state index in [-0.39, 0.29) is 6.61 Å². The van der Waals surface area contributed by atoms with Crippen molar-refractivity contribution in [1.29, 1.82) is 0 Å². The van der Waals surface area contributed by atoms with Gasteiger partial charge in [-0.1, -0.05) is 6.07 Å². The summed E-state index contributed by atoms with van der Waals surface area (Å²) in [5.74, 6) is -4.74. The van der Waals surface area contributed by atoms with Crippen molar-refractivity contribution < 1.29 is 22.7 Å². The standard InChI is InChI=1S/C14H13F2NO3/c1-2-20-14(8-13(15,16)12(18)17-14)10-3-4-11-9(7-10)5-6-19-11/h3-7H,2,8H2,1H3,(H,17,18). The molecular weight excluding hydrogens is 268 g/mol. The number of rotatable bonds is 3. The van der Waals surface area contributed by atoms with E-state index in [1.807, 2.05) is 0 Å². The van der Waals surface area contributed by atoms with Crippen molar-refractivity contribution in [3.63, 3.8) is 0 Å². The topological polar surface area (TPSA) is 51.5 Å². The van der Waals surface area contributed by atoms with Crippen LogP contribution in [0.1, 0.15) is 18.9 Å². The van der Waals surface area contributed by atoms with E-state index < -0.39 is 24.0 Å². The van der Waals surface area contributed by atoms with E-state index in [4.69, 9.17) is 9.15 Å². The van der Waals surface area contributed by atoms with Gasteiger partial charge in [0.15, 0.2) is 5.72 Å². The molecule has 4 nitrogen and oxygen atoms in total. The molecule has 0 aliphatic carbocycles. The molecule has 2 heterocycles. The fraction of sp³-hybridized carbons (Fsp3) is 0.357. The largest absolute Gasteiger partial charge is 0.464 e. The lowest BCUT2D eigenvalue weighted by atomic mass is 9.98. The lowest BCUT2D eigenvalue weighted by Gasteiger charge is -2.29. The van der Waals surface area contributed by atoms with Gasteiger partial charge in [-0.15, -0.1) is 0 Å². The molecular formula is C14H13F2NO3. The number of nitrogens with one attached hydrogen (secondary N) is 1. The fourth-order valence-corrected chi connectivity index (χ4v) is 2.52. The Morgan fingerprint density at radius 3 is 2.85 bits per heavy atom. The molecule has 1 amide bonds. The summed E-state index contributed by atoms with van der Waals surface area (Å²) in [6, 6.07) is 6.72. The SMILES string of the molecule is CCOC1(c2ccc3occc3c2)CC(F)(F)C(=O)N1. The molecule has 1 N–H and O–H groups in total. The predicted octanol–water partition coefficient (Wildman–Crippen LogP) is 2.78. The maximum Gasteiger partial charge on any atom is 0.329 e. The number of amides is 1. The molecule has 1 saturated heterocycles. The molecule has 0 spiro atoms. The summed E-state index contributed by atoms with van der Waals surface area (Å²) in [5, 5.41) is 3.06. The van der Waals surface area contributed by atoms with Crippen LogP contribution in [0.3, 0.4) is 0 Å². The molecule has 0 radical (unpaired) electrons. The van der Waals surface area contributed by atoms with E-state index in [2.05, 4.69) is 5.32 Å². The van der Waals surface area contributed by atoms with Gasteiger partial charge < -0.3 is 14.5 Å². The second kappa shape index (κ2) is 4.28. The van der Waals surface area contributed by atoms with Gasteiger partial charge in [0, 0.05) is 17.6 Å². The molecule has 1 aromatic heterocycles. The van der Waals surface area contributed by atoms with Gasteiger partial charge in [-0.3, -0.25) is 4.79 Å². The summed E-state index contributed by atoms with van der Waals surface area (Å²) in [5.41, 5.74) is -0.351. The van der Waals surface area contributed by atoms with Crippen molar-refractivity contribution in [2.45, 2.75) is 25.0 Å². The zero-order chi connectivity index (χ0) is 14.4. The van der Waals surface area contributed by atoms with Crippen LogP contribution in [0.25, 0.3) is 11.0 Å². The first-order valence-corrected chi connectivity index (χ1v) is 6.29. The number of furan rings is 1. The molecule has 106 valence electrons. The Morgan fingerprint density at radius 1 is 1.40 bits per heavy atom. The van der Waals surface area contributed by atoms with E-state index >= 15 is 0 Å². The fourth-order valence-electron chi connectivity index (χ4n) is 2.52.